The van der Waals surface area contributed by atoms with Crippen molar-refractivity contribution in [2.75, 3.05) is 13.7 Å². The molecular formula is C18H23N3O5. The van der Waals surface area contributed by atoms with Crippen molar-refractivity contribution in [1.29, 1.82) is 0 Å². The number of alkyl carbamates (subject to hydrolysis) is 1. The third-order valence-corrected chi connectivity index (χ3v) is 3.49. The molecule has 0 aliphatic carbocycles. The van der Waals surface area contributed by atoms with Crippen molar-refractivity contribution in [3.05, 3.63) is 30.1 Å². The van der Waals surface area contributed by atoms with E-state index in [9.17, 15) is 14.4 Å². The first-order valence-electron chi connectivity index (χ1n) is 8.26. The fraction of sp³-hybridized carbons (Fsp3) is 0.444. The van der Waals surface area contributed by atoms with Gasteiger partial charge in [0.2, 0.25) is 0 Å². The lowest BCUT2D eigenvalue weighted by Gasteiger charge is -2.19. The summed E-state index contributed by atoms with van der Waals surface area (Å²) in [6.07, 6.45) is 3.33. The van der Waals surface area contributed by atoms with Crippen molar-refractivity contribution in [1.82, 2.24) is 14.9 Å². The van der Waals surface area contributed by atoms with E-state index in [1.807, 2.05) is 0 Å². The van der Waals surface area contributed by atoms with Gasteiger partial charge in [0.05, 0.1) is 12.7 Å². The van der Waals surface area contributed by atoms with Crippen LogP contribution in [0.1, 0.15) is 37.6 Å². The van der Waals surface area contributed by atoms with E-state index in [1.165, 1.54) is 7.11 Å². The number of aromatic nitrogens is 2. The minimum Gasteiger partial charge on any atom is -0.463 e. The van der Waals surface area contributed by atoms with Crippen molar-refractivity contribution < 1.29 is 23.9 Å². The monoisotopic (exact) mass is 361 g/mol. The van der Waals surface area contributed by atoms with Gasteiger partial charge >= 0.3 is 12.1 Å². The molecule has 140 valence electrons. The molecule has 0 saturated carbocycles. The summed E-state index contributed by atoms with van der Waals surface area (Å²) in [5.74, 6) is -1.63. The number of Topliss-reactive ketones (excluding diaryl/α,β-unsaturated/α-hetero) is 1. The molecule has 0 aliphatic heterocycles. The molecule has 0 atom stereocenters. The molecule has 8 heteroatoms. The Hall–Kier alpha value is -2.90. The van der Waals surface area contributed by atoms with Crippen LogP contribution in [0.3, 0.4) is 0 Å². The Balaban J connectivity index is 2.05. The zero-order chi connectivity index (χ0) is 19.3. The number of fused-ring (bicyclic) bond motifs is 1. The summed E-state index contributed by atoms with van der Waals surface area (Å²) < 4.78 is 11.5. The van der Waals surface area contributed by atoms with Crippen molar-refractivity contribution in [3.8, 4) is 0 Å². The summed E-state index contributed by atoms with van der Waals surface area (Å²) in [5.41, 5.74) is 0.297. The number of rotatable bonds is 6. The fourth-order valence-corrected chi connectivity index (χ4v) is 2.43. The molecular weight excluding hydrogens is 338 g/mol. The van der Waals surface area contributed by atoms with Gasteiger partial charge in [-0.15, -0.1) is 0 Å². The number of hydrogen-bond donors (Lipinski definition) is 1. The second kappa shape index (κ2) is 7.99. The fourth-order valence-electron chi connectivity index (χ4n) is 2.43. The molecule has 0 spiro atoms. The van der Waals surface area contributed by atoms with Gasteiger partial charge in [-0.25, -0.2) is 14.6 Å². The van der Waals surface area contributed by atoms with Gasteiger partial charge in [0.15, 0.2) is 0 Å². The first-order valence-corrected chi connectivity index (χ1v) is 8.26. The Bertz CT molecular complexity index is 820. The van der Waals surface area contributed by atoms with E-state index in [-0.39, 0.29) is 5.56 Å². The maximum atomic E-state index is 12.2. The summed E-state index contributed by atoms with van der Waals surface area (Å²) >= 11 is 0. The maximum Gasteiger partial charge on any atom is 0.407 e. The van der Waals surface area contributed by atoms with E-state index >= 15 is 0 Å². The average molecular weight is 361 g/mol. The van der Waals surface area contributed by atoms with Crippen molar-refractivity contribution in [3.63, 3.8) is 0 Å². The average Bonchev–Trinajstić information content (AvgIpc) is 2.94. The molecule has 0 saturated heterocycles. The smallest absolute Gasteiger partial charge is 0.407 e. The standard InChI is InChI=1S/C18H23N3O5/c1-18(2,3)26-17(24)20-9-6-10-21-11-13(14(22)16(23)25-4)12-7-5-8-19-15(12)21/h5,7-8,11H,6,9-10H2,1-4H3,(H,20,24). The van der Waals surface area contributed by atoms with Gasteiger partial charge in [0, 0.05) is 30.9 Å². The van der Waals surface area contributed by atoms with Crippen LogP contribution < -0.4 is 5.32 Å². The van der Waals surface area contributed by atoms with Gasteiger partial charge in [-0.3, -0.25) is 4.79 Å². The van der Waals surface area contributed by atoms with Gasteiger partial charge in [-0.05, 0) is 39.3 Å². The highest BCUT2D eigenvalue weighted by Crippen LogP contribution is 2.20. The number of carbonyl (C=O) groups excluding carboxylic acids is 3. The predicted octanol–water partition coefficient (Wildman–Crippen LogP) is 2.31. The number of ketones is 1. The molecule has 0 fully saturated rings. The lowest BCUT2D eigenvalue weighted by molar-refractivity contribution is -0.135. The Morgan fingerprint density at radius 3 is 2.65 bits per heavy atom. The summed E-state index contributed by atoms with van der Waals surface area (Å²) in [6, 6.07) is 3.43. The van der Waals surface area contributed by atoms with Crippen LogP contribution in [0.25, 0.3) is 11.0 Å². The van der Waals surface area contributed by atoms with Crippen molar-refractivity contribution in [2.45, 2.75) is 39.3 Å². The predicted molar refractivity (Wildman–Crippen MR) is 94.9 cm³/mol. The number of nitrogens with one attached hydrogen (secondary N) is 1. The van der Waals surface area contributed by atoms with Crippen LogP contribution in [0.4, 0.5) is 4.79 Å². The van der Waals surface area contributed by atoms with Crippen LogP contribution in [0.2, 0.25) is 0 Å². The number of hydrogen-bond acceptors (Lipinski definition) is 6. The highest BCUT2D eigenvalue weighted by Gasteiger charge is 2.22. The second-order valence-corrected chi connectivity index (χ2v) is 6.71. The minimum atomic E-state index is -0.917. The Morgan fingerprint density at radius 2 is 2.00 bits per heavy atom. The Morgan fingerprint density at radius 1 is 1.27 bits per heavy atom. The number of amides is 1. The molecule has 2 heterocycles. The van der Waals surface area contributed by atoms with E-state index in [0.717, 1.165) is 0 Å². The third-order valence-electron chi connectivity index (χ3n) is 3.49. The first kappa shape index (κ1) is 19.4. The number of nitrogens with zero attached hydrogens (tertiary/aromatic N) is 2. The number of carbonyl (C=O) groups is 3. The van der Waals surface area contributed by atoms with E-state index in [1.54, 1.807) is 49.9 Å². The van der Waals surface area contributed by atoms with Gasteiger partial charge < -0.3 is 19.4 Å². The molecule has 0 unspecified atom stereocenters. The quantitative estimate of drug-likeness (QED) is 0.367. The van der Waals surface area contributed by atoms with Crippen molar-refractivity contribution in [2.24, 2.45) is 0 Å². The lowest BCUT2D eigenvalue weighted by Crippen LogP contribution is -2.33. The molecule has 8 nitrogen and oxygen atoms in total. The number of esters is 1. The van der Waals surface area contributed by atoms with Crippen LogP contribution in [0.15, 0.2) is 24.5 Å². The van der Waals surface area contributed by atoms with Crippen LogP contribution >= 0.6 is 0 Å². The molecule has 0 radical (unpaired) electrons. The van der Waals surface area contributed by atoms with Crippen LogP contribution in [-0.2, 0) is 20.8 Å². The van der Waals surface area contributed by atoms with Crippen molar-refractivity contribution >= 4 is 28.9 Å². The Kier molecular flexibility index (Phi) is 5.97. The van der Waals surface area contributed by atoms with Gasteiger partial charge in [0.1, 0.15) is 11.2 Å². The zero-order valence-electron chi connectivity index (χ0n) is 15.4. The summed E-state index contributed by atoms with van der Waals surface area (Å²) in [5, 5.41) is 3.26. The van der Waals surface area contributed by atoms with Gasteiger partial charge in [-0.2, -0.15) is 0 Å². The minimum absolute atomic E-state index is 0.250. The largest absolute Gasteiger partial charge is 0.463 e. The molecule has 1 N–H and O–H groups in total. The lowest BCUT2D eigenvalue weighted by atomic mass is 10.1. The zero-order valence-corrected chi connectivity index (χ0v) is 15.4. The highest BCUT2D eigenvalue weighted by atomic mass is 16.6. The molecule has 1 amide bonds. The van der Waals surface area contributed by atoms with Gasteiger partial charge in [0.25, 0.3) is 5.78 Å². The van der Waals surface area contributed by atoms with E-state index < -0.39 is 23.4 Å². The highest BCUT2D eigenvalue weighted by molar-refractivity contribution is 6.42. The number of aryl methyl sites for hydroxylation is 1. The Labute approximate surface area is 151 Å². The summed E-state index contributed by atoms with van der Waals surface area (Å²) in [6.45, 7) is 6.30. The molecule has 0 aliphatic rings. The SMILES string of the molecule is COC(=O)C(=O)c1cn(CCCNC(=O)OC(C)(C)C)c2ncccc12. The summed E-state index contributed by atoms with van der Waals surface area (Å²) in [7, 11) is 1.17. The number of ether oxygens (including phenoxy) is 2. The van der Waals surface area contributed by atoms with Gasteiger partial charge in [-0.1, -0.05) is 0 Å². The van der Waals surface area contributed by atoms with Crippen LogP contribution in [0.5, 0.6) is 0 Å². The van der Waals surface area contributed by atoms with E-state index in [0.29, 0.717) is 30.5 Å². The van der Waals surface area contributed by atoms with E-state index in [4.69, 9.17) is 4.74 Å². The molecule has 0 bridgehead atoms. The molecule has 2 rings (SSSR count). The molecule has 2 aromatic rings. The molecule has 0 aromatic carbocycles. The van der Waals surface area contributed by atoms with E-state index in [2.05, 4.69) is 15.0 Å². The first-order chi connectivity index (χ1) is 12.2. The normalized spacial score (nSPS) is 11.2. The second-order valence-electron chi connectivity index (χ2n) is 6.71. The maximum absolute atomic E-state index is 12.2. The van der Waals surface area contributed by atoms with Crippen LogP contribution in [-0.4, -0.2) is 46.7 Å². The molecule has 2 aromatic heterocycles. The summed E-state index contributed by atoms with van der Waals surface area (Å²) in [4.78, 5) is 39.6. The molecule has 26 heavy (non-hydrogen) atoms. The van der Waals surface area contributed by atoms with Crippen LogP contribution in [0, 0.1) is 0 Å². The number of methoxy groups -OCH3 is 1. The topological polar surface area (TPSA) is 99.5 Å². The third kappa shape index (κ3) is 4.81. The number of pyridine rings is 1.